The van der Waals surface area contributed by atoms with Crippen molar-refractivity contribution >= 4 is 17.1 Å². The number of benzene rings is 5. The zero-order valence-corrected chi connectivity index (χ0v) is 30.4. The van der Waals surface area contributed by atoms with Crippen LogP contribution in [0, 0.1) is 6.92 Å². The summed E-state index contributed by atoms with van der Waals surface area (Å²) in [5.74, 6) is 0. The van der Waals surface area contributed by atoms with Crippen LogP contribution in [0.1, 0.15) is 120 Å². The second kappa shape index (κ2) is 17.0. The number of hydrogen-bond donors (Lipinski definition) is 0. The minimum atomic E-state index is 0.0968. The van der Waals surface area contributed by atoms with E-state index in [1.165, 1.54) is 135 Å². The van der Waals surface area contributed by atoms with E-state index in [0.29, 0.717) is 0 Å². The fourth-order valence-electron chi connectivity index (χ4n) is 8.27. The van der Waals surface area contributed by atoms with Crippen LogP contribution in [0.3, 0.4) is 0 Å². The SMILES string of the molecule is CCCCCCCCC1(CCCCCCCC)c2cc(C)ccc2-c2ccc(-c3ccc(N(c4ccccc4)c4ccccc4)cc3)cc21. The van der Waals surface area contributed by atoms with Gasteiger partial charge < -0.3 is 4.90 Å². The average molecular weight is 648 g/mol. The number of aryl methyl sites for hydroxylation is 1. The lowest BCUT2D eigenvalue weighted by atomic mass is 9.70. The molecule has 0 unspecified atom stereocenters. The molecule has 0 radical (unpaired) electrons. The lowest BCUT2D eigenvalue weighted by Crippen LogP contribution is -2.25. The van der Waals surface area contributed by atoms with Crippen LogP contribution in [0.5, 0.6) is 0 Å². The Morgan fingerprint density at radius 2 is 0.878 bits per heavy atom. The summed E-state index contributed by atoms with van der Waals surface area (Å²) < 4.78 is 0. The summed E-state index contributed by atoms with van der Waals surface area (Å²) in [5, 5.41) is 0. The van der Waals surface area contributed by atoms with Crippen molar-refractivity contribution in [2.45, 2.75) is 116 Å². The smallest absolute Gasteiger partial charge is 0.0462 e. The molecule has 5 aromatic carbocycles. The van der Waals surface area contributed by atoms with Gasteiger partial charge in [-0.25, -0.2) is 0 Å². The van der Waals surface area contributed by atoms with E-state index in [-0.39, 0.29) is 5.41 Å². The summed E-state index contributed by atoms with van der Waals surface area (Å²) in [5.41, 5.74) is 13.7. The van der Waals surface area contributed by atoms with Gasteiger partial charge in [-0.1, -0.05) is 175 Å². The molecule has 6 rings (SSSR count). The number of unbranched alkanes of at least 4 members (excludes halogenated alkanes) is 10. The maximum absolute atomic E-state index is 2.58. The molecule has 5 aromatic rings. The zero-order valence-electron chi connectivity index (χ0n) is 30.4. The van der Waals surface area contributed by atoms with Gasteiger partial charge in [-0.15, -0.1) is 0 Å². The van der Waals surface area contributed by atoms with E-state index in [0.717, 1.165) is 0 Å². The van der Waals surface area contributed by atoms with E-state index in [9.17, 15) is 0 Å². The maximum atomic E-state index is 2.58. The summed E-state index contributed by atoms with van der Waals surface area (Å²) in [6, 6.07) is 45.3. The molecule has 0 aliphatic heterocycles. The summed E-state index contributed by atoms with van der Waals surface area (Å²) >= 11 is 0. The molecule has 0 aromatic heterocycles. The Morgan fingerprint density at radius 3 is 1.43 bits per heavy atom. The van der Waals surface area contributed by atoms with Crippen molar-refractivity contribution in [2.75, 3.05) is 4.90 Å². The molecule has 1 aliphatic carbocycles. The van der Waals surface area contributed by atoms with Crippen molar-refractivity contribution in [3.63, 3.8) is 0 Å². The van der Waals surface area contributed by atoms with Crippen LogP contribution >= 0.6 is 0 Å². The third kappa shape index (κ3) is 8.04. The fraction of sp³-hybridized carbons (Fsp3) is 0.375. The van der Waals surface area contributed by atoms with Gasteiger partial charge in [0.1, 0.15) is 0 Å². The van der Waals surface area contributed by atoms with Gasteiger partial charge in [0.15, 0.2) is 0 Å². The Balaban J connectivity index is 1.34. The molecule has 0 heterocycles. The molecule has 0 saturated heterocycles. The quantitative estimate of drug-likeness (QED) is 0.0856. The molecule has 254 valence electrons. The summed E-state index contributed by atoms with van der Waals surface area (Å²) in [6.07, 6.45) is 18.6. The van der Waals surface area contributed by atoms with Gasteiger partial charge in [0.2, 0.25) is 0 Å². The van der Waals surface area contributed by atoms with Crippen molar-refractivity contribution in [3.8, 4) is 22.3 Å². The molecule has 0 atom stereocenters. The Hall–Kier alpha value is -4.10. The number of anilines is 3. The van der Waals surface area contributed by atoms with E-state index in [4.69, 9.17) is 0 Å². The van der Waals surface area contributed by atoms with E-state index in [1.807, 2.05) is 0 Å². The topological polar surface area (TPSA) is 3.24 Å². The Labute approximate surface area is 297 Å². The average Bonchev–Trinajstić information content (AvgIpc) is 3.40. The lowest BCUT2D eigenvalue weighted by Gasteiger charge is -2.33. The molecule has 1 aliphatic rings. The highest BCUT2D eigenvalue weighted by molar-refractivity contribution is 5.85. The van der Waals surface area contributed by atoms with Crippen molar-refractivity contribution in [3.05, 3.63) is 138 Å². The number of hydrogen-bond acceptors (Lipinski definition) is 1. The van der Waals surface area contributed by atoms with Crippen LogP contribution in [-0.4, -0.2) is 0 Å². The number of rotatable bonds is 18. The van der Waals surface area contributed by atoms with Gasteiger partial charge in [-0.05, 0) is 95.6 Å². The van der Waals surface area contributed by atoms with Crippen LogP contribution in [0.4, 0.5) is 17.1 Å². The van der Waals surface area contributed by atoms with Crippen LogP contribution in [-0.2, 0) is 5.41 Å². The molecule has 0 fully saturated rings. The molecule has 0 N–H and O–H groups in total. The first kappa shape index (κ1) is 34.8. The molecular weight excluding hydrogens is 591 g/mol. The third-order valence-electron chi connectivity index (χ3n) is 10.9. The van der Waals surface area contributed by atoms with Gasteiger partial charge in [0.05, 0.1) is 0 Å². The highest BCUT2D eigenvalue weighted by atomic mass is 15.1. The van der Waals surface area contributed by atoms with Gasteiger partial charge >= 0.3 is 0 Å². The minimum Gasteiger partial charge on any atom is -0.311 e. The summed E-state index contributed by atoms with van der Waals surface area (Å²) in [4.78, 5) is 2.34. The Kier molecular flexibility index (Phi) is 12.1. The molecule has 49 heavy (non-hydrogen) atoms. The Morgan fingerprint density at radius 1 is 0.429 bits per heavy atom. The van der Waals surface area contributed by atoms with Gasteiger partial charge in [-0.2, -0.15) is 0 Å². The highest BCUT2D eigenvalue weighted by Gasteiger charge is 2.42. The lowest BCUT2D eigenvalue weighted by molar-refractivity contribution is 0.398. The van der Waals surface area contributed by atoms with Crippen LogP contribution in [0.2, 0.25) is 0 Å². The third-order valence-corrected chi connectivity index (χ3v) is 10.9. The van der Waals surface area contributed by atoms with Crippen molar-refractivity contribution < 1.29 is 0 Å². The number of para-hydroxylation sites is 2. The standard InChI is InChI=1S/C48H57N/c1-4-6-8-10-12-20-34-48(35-21-13-11-9-7-5-2)46-36-38(3)26-32-44(46)45-33-29-40(37-47(45)48)39-27-30-43(31-28-39)49(41-22-16-14-17-23-41)42-24-18-15-19-25-42/h14-19,22-33,36-37H,4-13,20-21,34-35H2,1-3H3. The summed E-state index contributed by atoms with van der Waals surface area (Å²) in [6.45, 7) is 6.92. The van der Waals surface area contributed by atoms with Gasteiger partial charge in [-0.3, -0.25) is 0 Å². The van der Waals surface area contributed by atoms with Crippen molar-refractivity contribution in [2.24, 2.45) is 0 Å². The number of nitrogens with zero attached hydrogens (tertiary/aromatic N) is 1. The molecular formula is C48H57N. The van der Waals surface area contributed by atoms with E-state index >= 15 is 0 Å². The van der Waals surface area contributed by atoms with E-state index in [2.05, 4.69) is 147 Å². The molecule has 0 spiro atoms. The first-order valence-corrected chi connectivity index (χ1v) is 19.4. The summed E-state index contributed by atoms with van der Waals surface area (Å²) in [7, 11) is 0. The van der Waals surface area contributed by atoms with Crippen molar-refractivity contribution in [1.82, 2.24) is 0 Å². The number of fused-ring (bicyclic) bond motifs is 3. The zero-order chi connectivity index (χ0) is 33.9. The Bertz CT molecular complexity index is 1680. The van der Waals surface area contributed by atoms with Crippen molar-refractivity contribution in [1.29, 1.82) is 0 Å². The molecule has 0 amide bonds. The van der Waals surface area contributed by atoms with Crippen LogP contribution < -0.4 is 4.90 Å². The largest absolute Gasteiger partial charge is 0.311 e. The second-order valence-electron chi connectivity index (χ2n) is 14.5. The monoisotopic (exact) mass is 647 g/mol. The van der Waals surface area contributed by atoms with Gasteiger partial charge in [0, 0.05) is 22.5 Å². The van der Waals surface area contributed by atoms with Crippen LogP contribution in [0.15, 0.2) is 121 Å². The molecule has 1 heteroatoms. The predicted octanol–water partition coefficient (Wildman–Crippen LogP) is 14.9. The van der Waals surface area contributed by atoms with E-state index in [1.54, 1.807) is 11.1 Å². The maximum Gasteiger partial charge on any atom is 0.0462 e. The molecule has 1 nitrogen and oxygen atoms in total. The fourth-order valence-corrected chi connectivity index (χ4v) is 8.27. The molecule has 0 saturated carbocycles. The normalized spacial score (nSPS) is 12.9. The minimum absolute atomic E-state index is 0.0968. The van der Waals surface area contributed by atoms with Crippen LogP contribution in [0.25, 0.3) is 22.3 Å². The van der Waals surface area contributed by atoms with Gasteiger partial charge in [0.25, 0.3) is 0 Å². The second-order valence-corrected chi connectivity index (χ2v) is 14.5. The first-order valence-electron chi connectivity index (χ1n) is 19.4. The van der Waals surface area contributed by atoms with E-state index < -0.39 is 0 Å². The first-order chi connectivity index (χ1) is 24.1. The highest BCUT2D eigenvalue weighted by Crippen LogP contribution is 2.55. The molecule has 0 bridgehead atoms. The predicted molar refractivity (Wildman–Crippen MR) is 213 cm³/mol.